The summed E-state index contributed by atoms with van der Waals surface area (Å²) < 4.78 is 63.1. The van der Waals surface area contributed by atoms with Crippen molar-refractivity contribution in [3.05, 3.63) is 47.4 Å². The van der Waals surface area contributed by atoms with Gasteiger partial charge in [0.25, 0.3) is 0 Å². The number of carbonyl (C=O) groups is 2. The number of methoxy groups -OCH3 is 1. The molecule has 1 aromatic heterocycles. The van der Waals surface area contributed by atoms with Crippen molar-refractivity contribution >= 4 is 23.4 Å². The molecule has 172 valence electrons. The number of benzene rings is 1. The lowest BCUT2D eigenvalue weighted by Crippen LogP contribution is -2.49. The van der Waals surface area contributed by atoms with E-state index in [1.54, 1.807) is 6.92 Å². The molecule has 0 fully saturated rings. The Kier molecular flexibility index (Phi) is 6.82. The van der Waals surface area contributed by atoms with Crippen LogP contribution in [0.5, 0.6) is 5.75 Å². The van der Waals surface area contributed by atoms with Crippen LogP contribution in [0.15, 0.2) is 30.5 Å². The SMILES string of the molecule is CCOCC(NC(=O)N1CC(=O)Nc2cc(OC)cnc21)c1ccc(C(F)(F)F)c(F)c1. The molecule has 2 N–H and O–H groups in total. The van der Waals surface area contributed by atoms with E-state index in [4.69, 9.17) is 9.47 Å². The van der Waals surface area contributed by atoms with Gasteiger partial charge in [0.1, 0.15) is 18.1 Å². The molecule has 0 radical (unpaired) electrons. The summed E-state index contributed by atoms with van der Waals surface area (Å²) >= 11 is 0. The smallest absolute Gasteiger partial charge is 0.419 e. The number of amides is 3. The molecule has 8 nitrogen and oxygen atoms in total. The van der Waals surface area contributed by atoms with Gasteiger partial charge in [-0.05, 0) is 24.6 Å². The molecule has 2 aromatic rings. The zero-order chi connectivity index (χ0) is 23.5. The molecule has 0 aliphatic carbocycles. The minimum Gasteiger partial charge on any atom is -0.495 e. The molecule has 1 aliphatic heterocycles. The zero-order valence-corrected chi connectivity index (χ0v) is 17.1. The van der Waals surface area contributed by atoms with Gasteiger partial charge in [-0.15, -0.1) is 0 Å². The first-order valence-corrected chi connectivity index (χ1v) is 9.50. The molecule has 0 saturated heterocycles. The summed E-state index contributed by atoms with van der Waals surface area (Å²) in [5, 5.41) is 5.16. The van der Waals surface area contributed by atoms with E-state index < -0.39 is 35.5 Å². The summed E-state index contributed by atoms with van der Waals surface area (Å²) in [7, 11) is 1.42. The molecule has 1 atom stereocenters. The number of hydrogen-bond acceptors (Lipinski definition) is 5. The summed E-state index contributed by atoms with van der Waals surface area (Å²) in [4.78, 5) is 30.2. The van der Waals surface area contributed by atoms with Gasteiger partial charge in [-0.1, -0.05) is 6.07 Å². The van der Waals surface area contributed by atoms with Gasteiger partial charge >= 0.3 is 12.2 Å². The van der Waals surface area contributed by atoms with E-state index in [-0.39, 0.29) is 36.8 Å². The Morgan fingerprint density at radius 3 is 2.72 bits per heavy atom. The minimum atomic E-state index is -4.85. The van der Waals surface area contributed by atoms with Gasteiger partial charge in [-0.2, -0.15) is 13.2 Å². The number of nitrogens with one attached hydrogen (secondary N) is 2. The first kappa shape index (κ1) is 23.3. The van der Waals surface area contributed by atoms with E-state index in [2.05, 4.69) is 15.6 Å². The molecule has 3 rings (SSSR count). The second-order valence-electron chi connectivity index (χ2n) is 6.78. The lowest BCUT2D eigenvalue weighted by molar-refractivity contribution is -0.140. The number of hydrogen-bond donors (Lipinski definition) is 2. The Hall–Kier alpha value is -3.41. The zero-order valence-electron chi connectivity index (χ0n) is 17.1. The Morgan fingerprint density at radius 2 is 2.09 bits per heavy atom. The van der Waals surface area contributed by atoms with Crippen molar-refractivity contribution in [3.63, 3.8) is 0 Å². The quantitative estimate of drug-likeness (QED) is 0.650. The number of pyridine rings is 1. The summed E-state index contributed by atoms with van der Waals surface area (Å²) in [5.41, 5.74) is -1.10. The number of halogens is 4. The summed E-state index contributed by atoms with van der Waals surface area (Å²) in [6.45, 7) is 1.47. The maximum atomic E-state index is 14.1. The van der Waals surface area contributed by atoms with Crippen LogP contribution in [0.3, 0.4) is 0 Å². The Balaban J connectivity index is 1.87. The number of ether oxygens (including phenoxy) is 2. The maximum absolute atomic E-state index is 14.1. The summed E-state index contributed by atoms with van der Waals surface area (Å²) in [6.07, 6.45) is -3.49. The van der Waals surface area contributed by atoms with E-state index in [1.165, 1.54) is 19.4 Å². The third kappa shape index (κ3) is 5.07. The van der Waals surface area contributed by atoms with Gasteiger partial charge in [-0.25, -0.2) is 14.2 Å². The average molecular weight is 456 g/mol. The highest BCUT2D eigenvalue weighted by molar-refractivity contribution is 6.08. The monoisotopic (exact) mass is 456 g/mol. The van der Waals surface area contributed by atoms with Gasteiger partial charge in [0, 0.05) is 12.7 Å². The number of anilines is 2. The highest BCUT2D eigenvalue weighted by Gasteiger charge is 2.35. The van der Waals surface area contributed by atoms with E-state index in [0.29, 0.717) is 17.9 Å². The largest absolute Gasteiger partial charge is 0.495 e. The highest BCUT2D eigenvalue weighted by atomic mass is 19.4. The number of aromatic nitrogens is 1. The number of alkyl halides is 3. The van der Waals surface area contributed by atoms with Crippen molar-refractivity contribution in [2.75, 3.05) is 37.1 Å². The van der Waals surface area contributed by atoms with E-state index in [1.807, 2.05) is 0 Å². The predicted octanol–water partition coefficient (Wildman–Crippen LogP) is 3.49. The Labute approximate surface area is 180 Å². The van der Waals surface area contributed by atoms with E-state index >= 15 is 0 Å². The van der Waals surface area contributed by atoms with Crippen molar-refractivity contribution < 1.29 is 36.6 Å². The third-order valence-corrected chi connectivity index (χ3v) is 4.64. The van der Waals surface area contributed by atoms with Crippen LogP contribution in [-0.2, 0) is 15.7 Å². The lowest BCUT2D eigenvalue weighted by atomic mass is 10.0. The fourth-order valence-electron chi connectivity index (χ4n) is 3.10. The Bertz CT molecular complexity index is 1020. The molecule has 2 heterocycles. The van der Waals surface area contributed by atoms with E-state index in [0.717, 1.165) is 11.0 Å². The van der Waals surface area contributed by atoms with E-state index in [9.17, 15) is 27.2 Å². The molecule has 12 heteroatoms. The average Bonchev–Trinajstić information content (AvgIpc) is 2.74. The summed E-state index contributed by atoms with van der Waals surface area (Å²) in [6, 6.07) is 2.12. The molecule has 3 amide bonds. The van der Waals surface area contributed by atoms with Gasteiger partial charge in [-0.3, -0.25) is 9.69 Å². The second kappa shape index (κ2) is 9.39. The topological polar surface area (TPSA) is 92.8 Å². The van der Waals surface area contributed by atoms with Crippen molar-refractivity contribution in [3.8, 4) is 5.75 Å². The van der Waals surface area contributed by atoms with Crippen LogP contribution in [0.25, 0.3) is 0 Å². The number of fused-ring (bicyclic) bond motifs is 1. The molecular weight excluding hydrogens is 436 g/mol. The van der Waals surface area contributed by atoms with Crippen LogP contribution in [0.1, 0.15) is 24.1 Å². The number of rotatable bonds is 6. The van der Waals surface area contributed by atoms with Crippen LogP contribution in [0.2, 0.25) is 0 Å². The molecule has 0 spiro atoms. The number of urea groups is 1. The van der Waals surface area contributed by atoms with Crippen molar-refractivity contribution in [2.24, 2.45) is 0 Å². The van der Waals surface area contributed by atoms with Crippen molar-refractivity contribution in [2.45, 2.75) is 19.1 Å². The first-order valence-electron chi connectivity index (χ1n) is 9.50. The molecular formula is C20H20F4N4O4. The van der Waals surface area contributed by atoms with Gasteiger partial charge in [0.15, 0.2) is 5.82 Å². The Morgan fingerprint density at radius 1 is 1.34 bits per heavy atom. The minimum absolute atomic E-state index is 0.0710. The van der Waals surface area contributed by atoms with Crippen LogP contribution < -0.4 is 20.3 Å². The molecule has 0 saturated carbocycles. The molecule has 32 heavy (non-hydrogen) atoms. The first-order chi connectivity index (χ1) is 15.1. The molecule has 1 unspecified atom stereocenters. The molecule has 1 aliphatic rings. The number of carbonyl (C=O) groups excluding carboxylic acids is 2. The van der Waals surface area contributed by atoms with Gasteiger partial charge < -0.3 is 20.1 Å². The second-order valence-corrected chi connectivity index (χ2v) is 6.78. The summed E-state index contributed by atoms with van der Waals surface area (Å²) in [5.74, 6) is -1.44. The fraction of sp³-hybridized carbons (Fsp3) is 0.350. The molecule has 1 aromatic carbocycles. The van der Waals surface area contributed by atoms with Gasteiger partial charge in [0.2, 0.25) is 5.91 Å². The molecule has 0 bridgehead atoms. The van der Waals surface area contributed by atoms with Gasteiger partial charge in [0.05, 0.1) is 37.2 Å². The normalized spacial score (nSPS) is 14.4. The van der Waals surface area contributed by atoms with Crippen molar-refractivity contribution in [1.82, 2.24) is 10.3 Å². The highest BCUT2D eigenvalue weighted by Crippen LogP contribution is 2.33. The maximum Gasteiger partial charge on any atom is 0.419 e. The number of nitrogens with zero attached hydrogens (tertiary/aromatic N) is 2. The fourth-order valence-corrected chi connectivity index (χ4v) is 3.10. The predicted molar refractivity (Wildman–Crippen MR) is 106 cm³/mol. The van der Waals surface area contributed by atoms with Crippen molar-refractivity contribution in [1.29, 1.82) is 0 Å². The van der Waals surface area contributed by atoms with Crippen LogP contribution >= 0.6 is 0 Å². The lowest BCUT2D eigenvalue weighted by Gasteiger charge is -2.30. The van der Waals surface area contributed by atoms with Crippen LogP contribution in [0, 0.1) is 5.82 Å². The van der Waals surface area contributed by atoms with Crippen LogP contribution in [0.4, 0.5) is 33.9 Å². The third-order valence-electron chi connectivity index (χ3n) is 4.64. The van der Waals surface area contributed by atoms with Crippen LogP contribution in [-0.4, -0.2) is 43.8 Å². The standard InChI is InChI=1S/C20H20F4N4O4/c1-3-32-10-16(11-4-5-13(14(21)6-11)20(22,23)24)27-19(30)28-9-17(29)26-15-7-12(31-2)8-25-18(15)28/h4-8,16H,3,9-10H2,1-2H3,(H,26,29)(H,27,30).